The lowest BCUT2D eigenvalue weighted by Crippen LogP contribution is -1.98. The molecule has 4 aromatic rings. The lowest BCUT2D eigenvalue weighted by atomic mass is 10.0. The third-order valence-electron chi connectivity index (χ3n) is 5.68. The van der Waals surface area contributed by atoms with Crippen molar-refractivity contribution < 1.29 is 0 Å². The Morgan fingerprint density at radius 1 is 0.970 bits per heavy atom. The average Bonchev–Trinajstić information content (AvgIpc) is 3.24. The minimum atomic E-state index is 0.617. The Hall–Kier alpha value is -3.56. The van der Waals surface area contributed by atoms with Crippen LogP contribution < -0.4 is 0 Å². The Bertz CT molecular complexity index is 1420. The second-order valence-electron chi connectivity index (χ2n) is 7.80. The Labute approximate surface area is 200 Å². The van der Waals surface area contributed by atoms with Gasteiger partial charge in [-0.1, -0.05) is 85.8 Å². The first-order valence-electron chi connectivity index (χ1n) is 11.2. The van der Waals surface area contributed by atoms with Crippen LogP contribution in [0.1, 0.15) is 37.0 Å². The molecule has 0 aliphatic rings. The van der Waals surface area contributed by atoms with Crippen LogP contribution in [0.25, 0.3) is 26.2 Å². The number of aryl methyl sites for hydroxylation is 1. The molecule has 2 nitrogen and oxygen atoms in total. The topological polar surface area (TPSA) is 24.7 Å². The van der Waals surface area contributed by atoms with E-state index in [9.17, 15) is 0 Å². The quantitative estimate of drug-likeness (QED) is 0.160. The summed E-state index contributed by atoms with van der Waals surface area (Å²) < 4.78 is 2.64. The zero-order valence-corrected chi connectivity index (χ0v) is 20.2. The van der Waals surface area contributed by atoms with E-state index in [0.29, 0.717) is 5.84 Å². The van der Waals surface area contributed by atoms with E-state index in [4.69, 9.17) is 4.99 Å². The molecule has 0 aliphatic carbocycles. The molecule has 0 saturated carbocycles. The molecule has 0 fully saturated rings. The van der Waals surface area contributed by atoms with Gasteiger partial charge in [-0.05, 0) is 55.8 Å². The van der Waals surface area contributed by atoms with Gasteiger partial charge in [-0.15, -0.1) is 11.3 Å². The Balaban J connectivity index is 1.90. The Morgan fingerprint density at radius 3 is 2.45 bits per heavy atom. The van der Waals surface area contributed by atoms with Crippen molar-refractivity contribution in [2.24, 2.45) is 9.98 Å². The van der Waals surface area contributed by atoms with Gasteiger partial charge in [0.25, 0.3) is 0 Å². The predicted molar refractivity (Wildman–Crippen MR) is 148 cm³/mol. The molecule has 0 spiro atoms. The lowest BCUT2D eigenvalue weighted by molar-refractivity contribution is 1.21. The summed E-state index contributed by atoms with van der Waals surface area (Å²) in [6, 6.07) is 23.0. The number of amidine groups is 1. The molecule has 0 aliphatic heterocycles. The fourth-order valence-electron chi connectivity index (χ4n) is 3.89. The lowest BCUT2D eigenvalue weighted by Gasteiger charge is -2.09. The van der Waals surface area contributed by atoms with Crippen LogP contribution in [0.15, 0.2) is 106 Å². The van der Waals surface area contributed by atoms with E-state index >= 15 is 0 Å². The van der Waals surface area contributed by atoms with Gasteiger partial charge in [0.1, 0.15) is 0 Å². The molecule has 3 aromatic carbocycles. The van der Waals surface area contributed by atoms with Gasteiger partial charge in [0.2, 0.25) is 0 Å². The molecule has 0 amide bonds. The molecular formula is C30H28N2S. The maximum atomic E-state index is 4.98. The fraction of sp³-hybridized carbons (Fsp3) is 0.133. The minimum absolute atomic E-state index is 0.617. The van der Waals surface area contributed by atoms with Crippen molar-refractivity contribution >= 4 is 50.1 Å². The largest absolute Gasteiger partial charge is 0.245 e. The van der Waals surface area contributed by atoms with Crippen molar-refractivity contribution in [2.45, 2.75) is 27.2 Å². The van der Waals surface area contributed by atoms with Gasteiger partial charge >= 0.3 is 0 Å². The second kappa shape index (κ2) is 10.4. The summed E-state index contributed by atoms with van der Waals surface area (Å²) in [4.78, 5) is 9.23. The molecule has 3 heteroatoms. The van der Waals surface area contributed by atoms with Crippen LogP contribution in [0.4, 0.5) is 0 Å². The SMILES string of the molecule is C=NC(=NC(=C\c1ccc2c(sc3ccccc32)c1C)/C(/C=C\CC)=C/C)c1ccccc1. The Kier molecular flexibility index (Phi) is 7.11. The van der Waals surface area contributed by atoms with Gasteiger partial charge in [0, 0.05) is 25.7 Å². The van der Waals surface area contributed by atoms with E-state index in [0.717, 1.165) is 28.8 Å². The molecule has 1 aromatic heterocycles. The first-order valence-corrected chi connectivity index (χ1v) is 12.0. The molecule has 164 valence electrons. The smallest absolute Gasteiger partial charge is 0.159 e. The van der Waals surface area contributed by atoms with Gasteiger partial charge in [0.15, 0.2) is 5.84 Å². The van der Waals surface area contributed by atoms with E-state index in [-0.39, 0.29) is 0 Å². The number of allylic oxidation sites excluding steroid dienone is 3. The minimum Gasteiger partial charge on any atom is -0.245 e. The standard InChI is InChI=1S/C30H28N2S/c1-5-7-13-22(6-2)27(32-30(31-4)23-14-9-8-10-15-23)20-24-18-19-26-25-16-11-12-17-28(25)33-29(26)21(24)3/h6-20H,4-5H2,1-3H3/b13-7-,22-6+,27-20-,32-30?. The summed E-state index contributed by atoms with van der Waals surface area (Å²) in [5.74, 6) is 0.617. The number of hydrogen-bond donors (Lipinski definition) is 0. The maximum Gasteiger partial charge on any atom is 0.159 e. The third kappa shape index (κ3) is 4.79. The number of benzene rings is 3. The summed E-state index contributed by atoms with van der Waals surface area (Å²) in [7, 11) is 0. The van der Waals surface area contributed by atoms with Crippen LogP contribution in [0.5, 0.6) is 0 Å². The van der Waals surface area contributed by atoms with Gasteiger partial charge < -0.3 is 0 Å². The van der Waals surface area contributed by atoms with Gasteiger partial charge in [-0.25, -0.2) is 9.98 Å². The van der Waals surface area contributed by atoms with Crippen molar-refractivity contribution in [3.63, 3.8) is 0 Å². The molecule has 0 atom stereocenters. The molecule has 0 saturated heterocycles. The van der Waals surface area contributed by atoms with Gasteiger partial charge in [-0.2, -0.15) is 0 Å². The maximum absolute atomic E-state index is 4.98. The number of rotatable bonds is 6. The number of fused-ring (bicyclic) bond motifs is 3. The van der Waals surface area contributed by atoms with E-state index < -0.39 is 0 Å². The molecule has 33 heavy (non-hydrogen) atoms. The predicted octanol–water partition coefficient (Wildman–Crippen LogP) is 8.76. The molecule has 0 bridgehead atoms. The Morgan fingerprint density at radius 2 is 1.73 bits per heavy atom. The zero-order valence-electron chi connectivity index (χ0n) is 19.4. The highest BCUT2D eigenvalue weighted by Crippen LogP contribution is 2.37. The number of aliphatic imine (C=N–C) groups is 2. The summed E-state index contributed by atoms with van der Waals surface area (Å²) in [6.45, 7) is 10.2. The van der Waals surface area contributed by atoms with Crippen molar-refractivity contribution in [2.75, 3.05) is 0 Å². The van der Waals surface area contributed by atoms with Crippen molar-refractivity contribution in [1.29, 1.82) is 0 Å². The van der Waals surface area contributed by atoms with Crippen LogP contribution in [0, 0.1) is 6.92 Å². The normalized spacial score (nSPS) is 13.4. The molecular weight excluding hydrogens is 420 g/mol. The average molecular weight is 449 g/mol. The van der Waals surface area contributed by atoms with Crippen molar-refractivity contribution in [1.82, 2.24) is 0 Å². The van der Waals surface area contributed by atoms with Crippen LogP contribution >= 0.6 is 11.3 Å². The van der Waals surface area contributed by atoms with E-state index in [1.165, 1.54) is 25.7 Å². The highest BCUT2D eigenvalue weighted by atomic mass is 32.1. The third-order valence-corrected chi connectivity index (χ3v) is 6.98. The second-order valence-corrected chi connectivity index (χ2v) is 8.85. The highest BCUT2D eigenvalue weighted by Gasteiger charge is 2.11. The molecule has 0 N–H and O–H groups in total. The number of nitrogens with zero attached hydrogens (tertiary/aromatic N) is 2. The summed E-state index contributed by atoms with van der Waals surface area (Å²) in [6.07, 6.45) is 9.52. The monoisotopic (exact) mass is 448 g/mol. The summed E-state index contributed by atoms with van der Waals surface area (Å²) in [5.41, 5.74) is 5.31. The van der Waals surface area contributed by atoms with Crippen LogP contribution in [0.2, 0.25) is 0 Å². The first-order chi connectivity index (χ1) is 16.2. The molecule has 0 radical (unpaired) electrons. The van der Waals surface area contributed by atoms with Gasteiger partial charge in [-0.3, -0.25) is 0 Å². The fourth-order valence-corrected chi connectivity index (χ4v) is 5.10. The first kappa shape index (κ1) is 22.6. The van der Waals surface area contributed by atoms with Crippen LogP contribution in [-0.2, 0) is 0 Å². The molecule has 1 heterocycles. The molecule has 0 unspecified atom stereocenters. The van der Waals surface area contributed by atoms with E-state index in [1.807, 2.05) is 48.6 Å². The van der Waals surface area contributed by atoms with E-state index in [2.05, 4.69) is 86.3 Å². The van der Waals surface area contributed by atoms with Crippen LogP contribution in [-0.4, -0.2) is 12.6 Å². The van der Waals surface area contributed by atoms with Gasteiger partial charge in [0.05, 0.1) is 5.70 Å². The number of thiophene rings is 1. The zero-order chi connectivity index (χ0) is 23.2. The van der Waals surface area contributed by atoms with Crippen LogP contribution in [0.3, 0.4) is 0 Å². The van der Waals surface area contributed by atoms with Crippen molar-refractivity contribution in [3.8, 4) is 0 Å². The van der Waals surface area contributed by atoms with Crippen molar-refractivity contribution in [3.05, 3.63) is 113 Å². The molecule has 4 rings (SSSR count). The highest BCUT2D eigenvalue weighted by molar-refractivity contribution is 7.26. The summed E-state index contributed by atoms with van der Waals surface area (Å²) >= 11 is 1.85. The van der Waals surface area contributed by atoms with E-state index in [1.54, 1.807) is 0 Å². The number of hydrogen-bond acceptors (Lipinski definition) is 2. The summed E-state index contributed by atoms with van der Waals surface area (Å²) in [5, 5.41) is 2.63.